The summed E-state index contributed by atoms with van der Waals surface area (Å²) in [6, 6.07) is 0. The molecule has 0 aliphatic heterocycles. The molecule has 0 heterocycles. The lowest BCUT2D eigenvalue weighted by molar-refractivity contribution is -0.154. The van der Waals surface area contributed by atoms with E-state index in [1.807, 2.05) is 0 Å². The summed E-state index contributed by atoms with van der Waals surface area (Å²) in [5.74, 6) is -0.691. The highest BCUT2D eigenvalue weighted by Gasteiger charge is 2.47. The van der Waals surface area contributed by atoms with Crippen LogP contribution < -0.4 is 0 Å². The Morgan fingerprint density at radius 3 is 1.94 bits per heavy atom. The molecular formula is C13H22O3. The quantitative estimate of drug-likeness (QED) is 0.778. The summed E-state index contributed by atoms with van der Waals surface area (Å²) in [6.07, 6.45) is 8.86. The van der Waals surface area contributed by atoms with Crippen molar-refractivity contribution in [3.63, 3.8) is 0 Å². The van der Waals surface area contributed by atoms with Gasteiger partial charge in [-0.15, -0.1) is 0 Å². The fourth-order valence-electron chi connectivity index (χ4n) is 3.53. The second kappa shape index (κ2) is 4.36. The van der Waals surface area contributed by atoms with Crippen LogP contribution in [-0.2, 0) is 4.79 Å². The average Bonchev–Trinajstić information content (AvgIpc) is 2.68. The van der Waals surface area contributed by atoms with Gasteiger partial charge in [-0.2, -0.15) is 0 Å². The molecule has 0 radical (unpaired) electrons. The first-order chi connectivity index (χ1) is 7.56. The summed E-state index contributed by atoms with van der Waals surface area (Å²) in [6.45, 7) is 0. The largest absolute Gasteiger partial charge is 0.481 e. The lowest BCUT2D eigenvalue weighted by Gasteiger charge is -2.38. The van der Waals surface area contributed by atoms with Crippen molar-refractivity contribution in [3.05, 3.63) is 0 Å². The normalized spacial score (nSPS) is 27.8. The van der Waals surface area contributed by atoms with E-state index < -0.39 is 17.0 Å². The first-order valence-electron chi connectivity index (χ1n) is 6.52. The zero-order valence-electron chi connectivity index (χ0n) is 9.87. The van der Waals surface area contributed by atoms with Gasteiger partial charge in [-0.25, -0.2) is 0 Å². The number of carboxylic acid groups (broad SMARTS) is 1. The molecule has 3 nitrogen and oxygen atoms in total. The Morgan fingerprint density at radius 2 is 1.44 bits per heavy atom. The van der Waals surface area contributed by atoms with Crippen LogP contribution in [0.3, 0.4) is 0 Å². The molecule has 0 aromatic carbocycles. The number of hydrogen-bond donors (Lipinski definition) is 2. The maximum absolute atomic E-state index is 11.4. The Bertz CT molecular complexity index is 260. The van der Waals surface area contributed by atoms with Gasteiger partial charge >= 0.3 is 5.97 Å². The monoisotopic (exact) mass is 226 g/mol. The van der Waals surface area contributed by atoms with Crippen LogP contribution in [0.2, 0.25) is 0 Å². The van der Waals surface area contributed by atoms with Gasteiger partial charge in [0.2, 0.25) is 0 Å². The number of hydrogen-bond acceptors (Lipinski definition) is 2. The molecule has 16 heavy (non-hydrogen) atoms. The molecular weight excluding hydrogens is 204 g/mol. The minimum absolute atomic E-state index is 0.481. The van der Waals surface area contributed by atoms with Crippen molar-refractivity contribution in [2.75, 3.05) is 0 Å². The molecule has 2 fully saturated rings. The van der Waals surface area contributed by atoms with Crippen molar-refractivity contribution in [3.8, 4) is 0 Å². The molecule has 0 amide bonds. The summed E-state index contributed by atoms with van der Waals surface area (Å²) in [7, 11) is 0. The Kier molecular flexibility index (Phi) is 3.24. The molecule has 92 valence electrons. The Morgan fingerprint density at radius 1 is 0.938 bits per heavy atom. The van der Waals surface area contributed by atoms with Crippen molar-refractivity contribution in [1.82, 2.24) is 0 Å². The van der Waals surface area contributed by atoms with Crippen LogP contribution in [0.15, 0.2) is 0 Å². The molecule has 0 atom stereocenters. The fourth-order valence-corrected chi connectivity index (χ4v) is 3.53. The predicted molar refractivity (Wildman–Crippen MR) is 61.2 cm³/mol. The standard InChI is InChI=1S/C13H22O3/c14-11(15)12(6-4-5-7-12)10-13(16)8-2-1-3-9-13/h16H,1-10H2,(H,14,15). The highest BCUT2D eigenvalue weighted by atomic mass is 16.4. The van der Waals surface area contributed by atoms with Gasteiger partial charge in [-0.1, -0.05) is 32.1 Å². The van der Waals surface area contributed by atoms with Crippen molar-refractivity contribution in [1.29, 1.82) is 0 Å². The molecule has 2 rings (SSSR count). The fraction of sp³-hybridized carbons (Fsp3) is 0.923. The smallest absolute Gasteiger partial charge is 0.309 e. The van der Waals surface area contributed by atoms with E-state index in [1.165, 1.54) is 6.42 Å². The SMILES string of the molecule is O=C(O)C1(CC2(O)CCCCC2)CCCC1. The molecule has 0 aromatic rings. The minimum Gasteiger partial charge on any atom is -0.481 e. The van der Waals surface area contributed by atoms with Crippen LogP contribution >= 0.6 is 0 Å². The summed E-state index contributed by atoms with van der Waals surface area (Å²) >= 11 is 0. The second-order valence-corrected chi connectivity index (χ2v) is 5.75. The van der Waals surface area contributed by atoms with E-state index in [2.05, 4.69) is 0 Å². The zero-order chi connectivity index (χ0) is 11.6. The van der Waals surface area contributed by atoms with E-state index in [1.54, 1.807) is 0 Å². The van der Waals surface area contributed by atoms with Crippen LogP contribution in [0.4, 0.5) is 0 Å². The third kappa shape index (κ3) is 2.24. The molecule has 2 aliphatic rings. The average molecular weight is 226 g/mol. The van der Waals surface area contributed by atoms with Crippen LogP contribution in [0.5, 0.6) is 0 Å². The van der Waals surface area contributed by atoms with Crippen molar-refractivity contribution in [2.45, 2.75) is 69.8 Å². The van der Waals surface area contributed by atoms with Gasteiger partial charge in [-0.3, -0.25) is 4.79 Å². The molecule has 0 unspecified atom stereocenters. The Hall–Kier alpha value is -0.570. The third-order valence-electron chi connectivity index (χ3n) is 4.47. The maximum atomic E-state index is 11.4. The maximum Gasteiger partial charge on any atom is 0.309 e. The van der Waals surface area contributed by atoms with E-state index in [0.29, 0.717) is 6.42 Å². The van der Waals surface area contributed by atoms with Crippen molar-refractivity contribution in [2.24, 2.45) is 5.41 Å². The third-order valence-corrected chi connectivity index (χ3v) is 4.47. The topological polar surface area (TPSA) is 57.5 Å². The number of aliphatic carboxylic acids is 1. The summed E-state index contributed by atoms with van der Waals surface area (Å²) in [5, 5.41) is 19.9. The van der Waals surface area contributed by atoms with Crippen LogP contribution in [0.1, 0.15) is 64.2 Å². The molecule has 2 N–H and O–H groups in total. The molecule has 2 aliphatic carbocycles. The summed E-state index contributed by atoms with van der Waals surface area (Å²) in [4.78, 5) is 11.4. The van der Waals surface area contributed by atoms with E-state index in [4.69, 9.17) is 0 Å². The minimum atomic E-state index is -0.693. The van der Waals surface area contributed by atoms with Crippen LogP contribution in [0, 0.1) is 5.41 Å². The van der Waals surface area contributed by atoms with Gasteiger partial charge in [0, 0.05) is 0 Å². The second-order valence-electron chi connectivity index (χ2n) is 5.75. The molecule has 3 heteroatoms. The van der Waals surface area contributed by atoms with Gasteiger partial charge in [0.25, 0.3) is 0 Å². The highest BCUT2D eigenvalue weighted by Crippen LogP contribution is 2.47. The first-order valence-corrected chi connectivity index (χ1v) is 6.52. The number of carboxylic acids is 1. The first kappa shape index (κ1) is 11.9. The molecule has 0 bridgehead atoms. The van der Waals surface area contributed by atoms with E-state index in [0.717, 1.165) is 51.4 Å². The molecule has 0 spiro atoms. The van der Waals surface area contributed by atoms with Crippen molar-refractivity contribution >= 4 is 5.97 Å². The van der Waals surface area contributed by atoms with Gasteiger partial charge in [0.05, 0.1) is 11.0 Å². The predicted octanol–water partition coefficient (Wildman–Crippen LogP) is 2.72. The summed E-state index contributed by atoms with van der Waals surface area (Å²) in [5.41, 5.74) is -1.31. The molecule has 2 saturated carbocycles. The van der Waals surface area contributed by atoms with E-state index in [9.17, 15) is 15.0 Å². The Labute approximate surface area is 96.9 Å². The van der Waals surface area contributed by atoms with E-state index in [-0.39, 0.29) is 0 Å². The summed E-state index contributed by atoms with van der Waals surface area (Å²) < 4.78 is 0. The lowest BCUT2D eigenvalue weighted by Crippen LogP contribution is -2.41. The Balaban J connectivity index is 2.07. The van der Waals surface area contributed by atoms with Crippen LogP contribution in [-0.4, -0.2) is 21.8 Å². The lowest BCUT2D eigenvalue weighted by atomic mass is 9.70. The van der Waals surface area contributed by atoms with Gasteiger partial charge < -0.3 is 10.2 Å². The number of rotatable bonds is 3. The van der Waals surface area contributed by atoms with Crippen molar-refractivity contribution < 1.29 is 15.0 Å². The van der Waals surface area contributed by atoms with Crippen LogP contribution in [0.25, 0.3) is 0 Å². The number of carbonyl (C=O) groups is 1. The molecule has 0 aromatic heterocycles. The molecule has 0 saturated heterocycles. The van der Waals surface area contributed by atoms with Gasteiger partial charge in [0.15, 0.2) is 0 Å². The van der Waals surface area contributed by atoms with Gasteiger partial charge in [-0.05, 0) is 32.1 Å². The van der Waals surface area contributed by atoms with Gasteiger partial charge in [0.1, 0.15) is 0 Å². The highest BCUT2D eigenvalue weighted by molar-refractivity contribution is 5.75. The zero-order valence-corrected chi connectivity index (χ0v) is 9.87. The number of aliphatic hydroxyl groups is 1. The van der Waals surface area contributed by atoms with E-state index >= 15 is 0 Å².